The molecule has 9 nitrogen and oxygen atoms in total. The van der Waals surface area contributed by atoms with Crippen LogP contribution in [-0.4, -0.2) is 60.6 Å². The van der Waals surface area contributed by atoms with Crippen LogP contribution in [0, 0.1) is 6.92 Å². The van der Waals surface area contributed by atoms with Gasteiger partial charge in [-0.25, -0.2) is 5.43 Å². The van der Waals surface area contributed by atoms with Gasteiger partial charge >= 0.3 is 0 Å². The number of benzene rings is 2. The fraction of sp³-hybridized carbons (Fsp3) is 0.360. The van der Waals surface area contributed by atoms with E-state index in [9.17, 15) is 0 Å². The molecule has 0 unspecified atom stereocenters. The molecule has 0 spiro atoms. The molecule has 0 aliphatic carbocycles. The van der Waals surface area contributed by atoms with Crippen LogP contribution in [0.4, 0.5) is 29.2 Å². The molecule has 10 heteroatoms. The van der Waals surface area contributed by atoms with E-state index in [0.717, 1.165) is 56.2 Å². The molecule has 2 aromatic carbocycles. The summed E-state index contributed by atoms with van der Waals surface area (Å²) < 4.78 is 5.43. The molecule has 2 N–H and O–H groups in total. The van der Waals surface area contributed by atoms with Crippen LogP contribution in [0.3, 0.4) is 0 Å². The van der Waals surface area contributed by atoms with Gasteiger partial charge in [-0.3, -0.25) is 0 Å². The van der Waals surface area contributed by atoms with Gasteiger partial charge in [0.1, 0.15) is 0 Å². The molecule has 1 fully saturated rings. The summed E-state index contributed by atoms with van der Waals surface area (Å²) in [7, 11) is 0. The second kappa shape index (κ2) is 11.8. The largest absolute Gasteiger partial charge is 0.378 e. The van der Waals surface area contributed by atoms with Crippen molar-refractivity contribution in [1.82, 2.24) is 15.0 Å². The molecule has 3 aromatic rings. The Morgan fingerprint density at radius 3 is 2.43 bits per heavy atom. The summed E-state index contributed by atoms with van der Waals surface area (Å²) in [6, 6.07) is 14.0. The summed E-state index contributed by atoms with van der Waals surface area (Å²) in [6.45, 7) is 11.0. The number of rotatable bonds is 9. The highest BCUT2D eigenvalue weighted by Crippen LogP contribution is 2.23. The number of anilines is 5. The van der Waals surface area contributed by atoms with Crippen molar-refractivity contribution in [1.29, 1.82) is 0 Å². The van der Waals surface area contributed by atoms with E-state index in [2.05, 4.69) is 61.7 Å². The molecular weight excluding hydrogens is 464 g/mol. The highest BCUT2D eigenvalue weighted by Gasteiger charge is 2.12. The number of aryl methyl sites for hydroxylation is 1. The van der Waals surface area contributed by atoms with E-state index in [1.54, 1.807) is 6.21 Å². The van der Waals surface area contributed by atoms with Crippen LogP contribution >= 0.6 is 11.6 Å². The van der Waals surface area contributed by atoms with Crippen molar-refractivity contribution >= 4 is 47.0 Å². The fourth-order valence-electron chi connectivity index (χ4n) is 3.68. The zero-order chi connectivity index (χ0) is 24.6. The van der Waals surface area contributed by atoms with Crippen molar-refractivity contribution < 1.29 is 4.74 Å². The van der Waals surface area contributed by atoms with Crippen molar-refractivity contribution in [3.63, 3.8) is 0 Å². The van der Waals surface area contributed by atoms with E-state index in [0.29, 0.717) is 22.9 Å². The highest BCUT2D eigenvalue weighted by molar-refractivity contribution is 6.31. The van der Waals surface area contributed by atoms with Crippen LogP contribution in [0.5, 0.6) is 0 Å². The van der Waals surface area contributed by atoms with E-state index in [1.807, 2.05) is 42.2 Å². The number of aromatic nitrogens is 3. The summed E-state index contributed by atoms with van der Waals surface area (Å²) in [4.78, 5) is 18.0. The predicted octanol–water partition coefficient (Wildman–Crippen LogP) is 4.71. The Bertz CT molecular complexity index is 1140. The van der Waals surface area contributed by atoms with Crippen molar-refractivity contribution in [2.24, 2.45) is 5.10 Å². The molecule has 1 aliphatic rings. The van der Waals surface area contributed by atoms with Gasteiger partial charge in [-0.1, -0.05) is 29.8 Å². The molecule has 184 valence electrons. The quantitative estimate of drug-likeness (QED) is 0.326. The summed E-state index contributed by atoms with van der Waals surface area (Å²) in [5.41, 5.74) is 6.91. The molecule has 0 saturated carbocycles. The Hall–Kier alpha value is -3.43. The standard InChI is InChI=1S/C25H31ClN8O/c1-4-33(5-2)25-30-23(28-20-9-6-18(3)22(26)16-20)29-24(31-25)32-27-17-19-7-10-21(11-8-19)34-12-14-35-15-13-34/h6-11,16-17H,4-5,12-15H2,1-3H3,(H2,28,29,30,31,32)/b27-17-. The van der Waals surface area contributed by atoms with E-state index in [-0.39, 0.29) is 0 Å². The SMILES string of the molecule is CCN(CC)c1nc(N/N=C\c2ccc(N3CCOCC3)cc2)nc(Nc2ccc(C)c(Cl)c2)n1. The van der Waals surface area contributed by atoms with Crippen molar-refractivity contribution in [2.75, 3.05) is 59.9 Å². The smallest absolute Gasteiger partial charge is 0.250 e. The lowest BCUT2D eigenvalue weighted by molar-refractivity contribution is 0.122. The normalized spacial score (nSPS) is 13.8. The molecule has 4 rings (SSSR count). The molecule has 0 bridgehead atoms. The topological polar surface area (TPSA) is 90.8 Å². The van der Waals surface area contributed by atoms with E-state index in [1.165, 1.54) is 5.69 Å². The minimum atomic E-state index is 0.351. The van der Waals surface area contributed by atoms with Gasteiger partial charge in [-0.2, -0.15) is 20.1 Å². The van der Waals surface area contributed by atoms with Crippen LogP contribution in [0.15, 0.2) is 47.6 Å². The van der Waals surface area contributed by atoms with E-state index < -0.39 is 0 Å². The van der Waals surface area contributed by atoms with Crippen LogP contribution in [-0.2, 0) is 4.74 Å². The van der Waals surface area contributed by atoms with Gasteiger partial charge in [0, 0.05) is 42.6 Å². The minimum absolute atomic E-state index is 0.351. The third-order valence-electron chi connectivity index (χ3n) is 5.75. The maximum Gasteiger partial charge on any atom is 0.250 e. The molecule has 35 heavy (non-hydrogen) atoms. The predicted molar refractivity (Wildman–Crippen MR) is 144 cm³/mol. The molecule has 0 amide bonds. The second-order valence-corrected chi connectivity index (χ2v) is 8.51. The van der Waals surface area contributed by atoms with Crippen LogP contribution in [0.2, 0.25) is 5.02 Å². The Labute approximate surface area is 211 Å². The van der Waals surface area contributed by atoms with E-state index in [4.69, 9.17) is 16.3 Å². The third kappa shape index (κ3) is 6.58. The number of ether oxygens (including phenoxy) is 1. The molecule has 0 radical (unpaired) electrons. The van der Waals surface area contributed by atoms with Gasteiger partial charge in [-0.05, 0) is 56.2 Å². The Balaban J connectivity index is 1.49. The molecule has 2 heterocycles. The van der Waals surface area contributed by atoms with Gasteiger partial charge in [0.25, 0.3) is 0 Å². The first kappa shape index (κ1) is 24.7. The molecule has 1 aromatic heterocycles. The van der Waals surface area contributed by atoms with Gasteiger partial charge in [-0.15, -0.1) is 0 Å². The monoisotopic (exact) mass is 494 g/mol. The average Bonchev–Trinajstić information content (AvgIpc) is 2.88. The molecule has 1 aliphatic heterocycles. The van der Waals surface area contributed by atoms with Gasteiger partial charge < -0.3 is 19.9 Å². The first-order valence-electron chi connectivity index (χ1n) is 11.8. The lowest BCUT2D eigenvalue weighted by Crippen LogP contribution is -2.36. The van der Waals surface area contributed by atoms with E-state index >= 15 is 0 Å². The average molecular weight is 495 g/mol. The Morgan fingerprint density at radius 1 is 1.03 bits per heavy atom. The number of halogens is 1. The van der Waals surface area contributed by atoms with Crippen LogP contribution in [0.25, 0.3) is 0 Å². The summed E-state index contributed by atoms with van der Waals surface area (Å²) in [5.74, 6) is 1.33. The fourth-order valence-corrected chi connectivity index (χ4v) is 3.86. The first-order chi connectivity index (χ1) is 17.1. The van der Waals surface area contributed by atoms with Crippen LogP contribution < -0.4 is 20.5 Å². The van der Waals surface area contributed by atoms with Crippen LogP contribution in [0.1, 0.15) is 25.0 Å². The number of hydrogen-bond acceptors (Lipinski definition) is 9. The number of nitrogens with one attached hydrogen (secondary N) is 2. The molecular formula is C25H31ClN8O. The van der Waals surface area contributed by atoms with Gasteiger partial charge in [0.2, 0.25) is 17.8 Å². The Morgan fingerprint density at radius 2 is 1.74 bits per heavy atom. The van der Waals surface area contributed by atoms with Crippen molar-refractivity contribution in [3.8, 4) is 0 Å². The number of morpholine rings is 1. The van der Waals surface area contributed by atoms with Crippen molar-refractivity contribution in [2.45, 2.75) is 20.8 Å². The highest BCUT2D eigenvalue weighted by atomic mass is 35.5. The molecule has 1 saturated heterocycles. The lowest BCUT2D eigenvalue weighted by atomic mass is 10.2. The van der Waals surface area contributed by atoms with Gasteiger partial charge in [0.05, 0.1) is 19.4 Å². The zero-order valence-corrected chi connectivity index (χ0v) is 21.1. The third-order valence-corrected chi connectivity index (χ3v) is 6.15. The second-order valence-electron chi connectivity index (χ2n) is 8.10. The number of hydrazone groups is 1. The minimum Gasteiger partial charge on any atom is -0.378 e. The maximum atomic E-state index is 6.28. The Kier molecular flexibility index (Phi) is 8.33. The zero-order valence-electron chi connectivity index (χ0n) is 20.3. The maximum absolute atomic E-state index is 6.28. The summed E-state index contributed by atoms with van der Waals surface area (Å²) >= 11 is 6.28. The van der Waals surface area contributed by atoms with Gasteiger partial charge in [0.15, 0.2) is 0 Å². The first-order valence-corrected chi connectivity index (χ1v) is 12.2. The number of nitrogens with zero attached hydrogens (tertiary/aromatic N) is 6. The summed E-state index contributed by atoms with van der Waals surface area (Å²) in [5, 5.41) is 8.25. The van der Waals surface area contributed by atoms with Crippen molar-refractivity contribution in [3.05, 3.63) is 58.6 Å². The summed E-state index contributed by atoms with van der Waals surface area (Å²) in [6.07, 6.45) is 1.75. The lowest BCUT2D eigenvalue weighted by Gasteiger charge is -2.28. The molecule has 0 atom stereocenters. The number of hydrogen-bond donors (Lipinski definition) is 2.